The molecule has 1 aliphatic carbocycles. The number of carbonyl (C=O) groups is 1. The van der Waals surface area contributed by atoms with Gasteiger partial charge in [-0.2, -0.15) is 0 Å². The number of benzene rings is 2. The second kappa shape index (κ2) is 8.41. The van der Waals surface area contributed by atoms with Gasteiger partial charge in [0.25, 0.3) is 0 Å². The standard InChI is InChI=1S/C23H28FN3O2/c1-29-21-5-3-2-4-20(21)23(10-11-23)22(28)25-12-13-26-14-16-27(17-15-26)19-8-6-18(24)7-9-19/h2-9H,10-17H2,1H3,(H,25,28). The first-order chi connectivity index (χ1) is 14.1. The van der Waals surface area contributed by atoms with Crippen LogP contribution in [0.4, 0.5) is 10.1 Å². The molecule has 2 aromatic rings. The Morgan fingerprint density at radius 2 is 1.76 bits per heavy atom. The zero-order chi connectivity index (χ0) is 20.3. The highest BCUT2D eigenvalue weighted by Crippen LogP contribution is 2.51. The summed E-state index contributed by atoms with van der Waals surface area (Å²) in [7, 11) is 1.65. The number of para-hydroxylation sites is 1. The number of hydrogen-bond acceptors (Lipinski definition) is 4. The number of amides is 1. The second-order valence-electron chi connectivity index (χ2n) is 7.84. The zero-order valence-corrected chi connectivity index (χ0v) is 16.9. The lowest BCUT2D eigenvalue weighted by Crippen LogP contribution is -2.49. The van der Waals surface area contributed by atoms with Crippen LogP contribution in [0.2, 0.25) is 0 Å². The summed E-state index contributed by atoms with van der Waals surface area (Å²) in [4.78, 5) is 17.5. The molecule has 0 aromatic heterocycles. The molecule has 1 saturated carbocycles. The first-order valence-corrected chi connectivity index (χ1v) is 10.3. The number of nitrogens with one attached hydrogen (secondary N) is 1. The van der Waals surface area contributed by atoms with Crippen LogP contribution in [0.3, 0.4) is 0 Å². The van der Waals surface area contributed by atoms with Gasteiger partial charge in [-0.1, -0.05) is 18.2 Å². The summed E-state index contributed by atoms with van der Waals surface area (Å²) >= 11 is 0. The quantitative estimate of drug-likeness (QED) is 0.780. The van der Waals surface area contributed by atoms with E-state index in [0.717, 1.165) is 62.6 Å². The van der Waals surface area contributed by atoms with Crippen LogP contribution < -0.4 is 15.0 Å². The van der Waals surface area contributed by atoms with Crippen molar-refractivity contribution in [1.29, 1.82) is 0 Å². The second-order valence-corrected chi connectivity index (χ2v) is 7.84. The molecule has 1 aliphatic heterocycles. The Kier molecular flexibility index (Phi) is 5.72. The highest BCUT2D eigenvalue weighted by Gasteiger charge is 2.52. The van der Waals surface area contributed by atoms with Crippen molar-refractivity contribution in [2.75, 3.05) is 51.3 Å². The van der Waals surface area contributed by atoms with Gasteiger partial charge in [0.1, 0.15) is 11.6 Å². The van der Waals surface area contributed by atoms with Crippen LogP contribution in [0.25, 0.3) is 0 Å². The summed E-state index contributed by atoms with van der Waals surface area (Å²) in [5, 5.41) is 3.14. The molecule has 5 nitrogen and oxygen atoms in total. The number of methoxy groups -OCH3 is 1. The average molecular weight is 397 g/mol. The average Bonchev–Trinajstić information content (AvgIpc) is 3.57. The van der Waals surface area contributed by atoms with Crippen LogP contribution in [-0.2, 0) is 10.2 Å². The highest BCUT2D eigenvalue weighted by atomic mass is 19.1. The summed E-state index contributed by atoms with van der Waals surface area (Å²) in [5.74, 6) is 0.689. The van der Waals surface area contributed by atoms with E-state index < -0.39 is 5.41 Å². The molecule has 2 aliphatic rings. The van der Waals surface area contributed by atoms with E-state index in [2.05, 4.69) is 15.1 Å². The van der Waals surface area contributed by atoms with Crippen LogP contribution in [0.5, 0.6) is 5.75 Å². The molecule has 0 spiro atoms. The maximum atomic E-state index is 13.1. The van der Waals surface area contributed by atoms with Crippen LogP contribution >= 0.6 is 0 Å². The van der Waals surface area contributed by atoms with Crippen LogP contribution in [0.1, 0.15) is 18.4 Å². The fourth-order valence-corrected chi connectivity index (χ4v) is 4.16. The molecule has 0 atom stereocenters. The molecule has 4 rings (SSSR count). The van der Waals surface area contributed by atoms with Gasteiger partial charge in [0.05, 0.1) is 12.5 Å². The van der Waals surface area contributed by atoms with E-state index in [1.54, 1.807) is 7.11 Å². The van der Waals surface area contributed by atoms with Gasteiger partial charge in [0, 0.05) is 50.5 Å². The number of rotatable bonds is 7. The van der Waals surface area contributed by atoms with Gasteiger partial charge in [-0.25, -0.2) is 4.39 Å². The lowest BCUT2D eigenvalue weighted by Gasteiger charge is -2.36. The number of ether oxygens (including phenoxy) is 1. The van der Waals surface area contributed by atoms with E-state index in [1.165, 1.54) is 12.1 Å². The van der Waals surface area contributed by atoms with Crippen molar-refractivity contribution in [1.82, 2.24) is 10.2 Å². The van der Waals surface area contributed by atoms with Gasteiger partial charge in [-0.15, -0.1) is 0 Å². The smallest absolute Gasteiger partial charge is 0.230 e. The molecule has 1 N–H and O–H groups in total. The van der Waals surface area contributed by atoms with E-state index in [4.69, 9.17) is 4.74 Å². The first-order valence-electron chi connectivity index (χ1n) is 10.3. The van der Waals surface area contributed by atoms with E-state index in [1.807, 2.05) is 36.4 Å². The topological polar surface area (TPSA) is 44.8 Å². The van der Waals surface area contributed by atoms with E-state index in [-0.39, 0.29) is 11.7 Å². The largest absolute Gasteiger partial charge is 0.496 e. The fourth-order valence-electron chi connectivity index (χ4n) is 4.16. The third-order valence-electron chi connectivity index (χ3n) is 6.08. The number of anilines is 1. The maximum Gasteiger partial charge on any atom is 0.230 e. The number of hydrogen-bond donors (Lipinski definition) is 1. The molecular formula is C23H28FN3O2. The number of nitrogens with zero attached hydrogens (tertiary/aromatic N) is 2. The van der Waals surface area contributed by atoms with E-state index in [9.17, 15) is 9.18 Å². The van der Waals surface area contributed by atoms with Crippen molar-refractivity contribution in [2.45, 2.75) is 18.3 Å². The van der Waals surface area contributed by atoms with Gasteiger partial charge in [0.15, 0.2) is 0 Å². The van der Waals surface area contributed by atoms with Gasteiger partial charge in [0.2, 0.25) is 5.91 Å². The minimum Gasteiger partial charge on any atom is -0.496 e. The van der Waals surface area contributed by atoms with Crippen LogP contribution in [-0.4, -0.2) is 57.2 Å². The summed E-state index contributed by atoms with van der Waals surface area (Å²) in [6.07, 6.45) is 1.74. The Labute approximate surface area is 171 Å². The third kappa shape index (κ3) is 4.22. The summed E-state index contributed by atoms with van der Waals surface area (Å²) in [6, 6.07) is 14.5. The predicted octanol–water partition coefficient (Wildman–Crippen LogP) is 2.80. The minimum atomic E-state index is -0.423. The zero-order valence-electron chi connectivity index (χ0n) is 16.9. The Morgan fingerprint density at radius 3 is 2.41 bits per heavy atom. The van der Waals surface area contributed by atoms with E-state index >= 15 is 0 Å². The molecule has 29 heavy (non-hydrogen) atoms. The normalized spacial score (nSPS) is 18.3. The fraction of sp³-hybridized carbons (Fsp3) is 0.435. The van der Waals surface area contributed by atoms with E-state index in [0.29, 0.717) is 6.54 Å². The van der Waals surface area contributed by atoms with Crippen LogP contribution in [0, 0.1) is 5.82 Å². The van der Waals surface area contributed by atoms with Crippen molar-refractivity contribution >= 4 is 11.6 Å². The molecule has 0 radical (unpaired) electrons. The summed E-state index contributed by atoms with van der Waals surface area (Å²) in [5.41, 5.74) is 1.63. The molecule has 1 amide bonds. The Balaban J connectivity index is 1.25. The van der Waals surface area contributed by atoms with Crippen LogP contribution in [0.15, 0.2) is 48.5 Å². The van der Waals surface area contributed by atoms with Gasteiger partial charge in [-0.3, -0.25) is 9.69 Å². The Bertz CT molecular complexity index is 843. The lowest BCUT2D eigenvalue weighted by molar-refractivity contribution is -0.123. The first kappa shape index (κ1) is 19.7. The third-order valence-corrected chi connectivity index (χ3v) is 6.08. The maximum absolute atomic E-state index is 13.1. The number of carbonyl (C=O) groups excluding carboxylic acids is 1. The Morgan fingerprint density at radius 1 is 1.07 bits per heavy atom. The van der Waals surface area contributed by atoms with Crippen molar-refractivity contribution in [3.8, 4) is 5.75 Å². The molecule has 1 heterocycles. The molecule has 6 heteroatoms. The molecule has 0 bridgehead atoms. The Hall–Kier alpha value is -2.60. The van der Waals surface area contributed by atoms with Gasteiger partial charge >= 0.3 is 0 Å². The number of halogens is 1. The van der Waals surface area contributed by atoms with Crippen molar-refractivity contribution in [3.63, 3.8) is 0 Å². The molecule has 0 unspecified atom stereocenters. The van der Waals surface area contributed by atoms with Gasteiger partial charge < -0.3 is 15.0 Å². The molecular weight excluding hydrogens is 369 g/mol. The SMILES string of the molecule is COc1ccccc1C1(C(=O)NCCN2CCN(c3ccc(F)cc3)CC2)CC1. The van der Waals surface area contributed by atoms with Crippen molar-refractivity contribution in [2.24, 2.45) is 0 Å². The monoisotopic (exact) mass is 397 g/mol. The van der Waals surface area contributed by atoms with Gasteiger partial charge in [-0.05, 0) is 43.2 Å². The highest BCUT2D eigenvalue weighted by molar-refractivity contribution is 5.92. The molecule has 2 fully saturated rings. The predicted molar refractivity (Wildman–Crippen MR) is 112 cm³/mol. The van der Waals surface area contributed by atoms with Crippen molar-refractivity contribution in [3.05, 3.63) is 59.9 Å². The van der Waals surface area contributed by atoms with Crippen molar-refractivity contribution < 1.29 is 13.9 Å². The number of piperazine rings is 1. The summed E-state index contributed by atoms with van der Waals surface area (Å²) < 4.78 is 18.6. The molecule has 1 saturated heterocycles. The lowest BCUT2D eigenvalue weighted by atomic mass is 9.94. The molecule has 2 aromatic carbocycles. The minimum absolute atomic E-state index is 0.104. The molecule has 154 valence electrons. The summed E-state index contributed by atoms with van der Waals surface area (Å²) in [6.45, 7) is 5.17.